The molecule has 15 nitrogen and oxygen atoms in total. The number of amides is 4. The van der Waals surface area contributed by atoms with Crippen LogP contribution in [0.3, 0.4) is 0 Å². The molecule has 4 aromatic rings. The highest BCUT2D eigenvalue weighted by Gasteiger charge is 2.42. The smallest absolute Gasteiger partial charge is 0.246 e. The van der Waals surface area contributed by atoms with Crippen molar-refractivity contribution < 1.29 is 29.0 Å². The Kier molecular flexibility index (Phi) is 13.6. The summed E-state index contributed by atoms with van der Waals surface area (Å²) in [6.45, 7) is 9.57. The van der Waals surface area contributed by atoms with Crippen molar-refractivity contribution in [1.29, 1.82) is 0 Å². The molecule has 4 heterocycles. The maximum absolute atomic E-state index is 13.9. The standard InChI is InChI=1S/C42H53N9O6S/c1-26-36(58-25-46-26)28-13-11-27(12-14-28)23-45-40(55)32-9-7-18-51(32)41(56)37(42(2,3)4)47-35(53)24-57-21-17-44-39(54)29-15-19-50(20-16-29)33-22-31(48-49-38(33)43)30-8-5-6-10-34(30)52/h5-6,8,10-14,22,25,29,32,37,52H,7,9,15-21,23-24H2,1-4H3,(H2,43,49)(H,44,54)(H,45,55)(H,47,53)/t32-,37+/m0/s1. The van der Waals surface area contributed by atoms with E-state index in [-0.39, 0.29) is 55.0 Å². The van der Waals surface area contributed by atoms with Gasteiger partial charge >= 0.3 is 0 Å². The molecule has 0 saturated carbocycles. The van der Waals surface area contributed by atoms with Crippen molar-refractivity contribution >= 4 is 46.5 Å². The number of benzene rings is 2. The molecule has 6 rings (SSSR count). The van der Waals surface area contributed by atoms with Crippen LogP contribution in [0, 0.1) is 18.3 Å². The van der Waals surface area contributed by atoms with Crippen LogP contribution in [0.2, 0.25) is 0 Å². The van der Waals surface area contributed by atoms with Crippen LogP contribution in [0.15, 0.2) is 60.1 Å². The highest BCUT2D eigenvalue weighted by Crippen LogP contribution is 2.33. The summed E-state index contributed by atoms with van der Waals surface area (Å²) in [4.78, 5) is 62.4. The number of aryl methyl sites for hydroxylation is 1. The highest BCUT2D eigenvalue weighted by atomic mass is 32.1. The van der Waals surface area contributed by atoms with Gasteiger partial charge in [-0.15, -0.1) is 21.5 Å². The number of phenols is 1. The lowest BCUT2D eigenvalue weighted by atomic mass is 9.85. The first-order valence-electron chi connectivity index (χ1n) is 19.7. The molecule has 58 heavy (non-hydrogen) atoms. The molecule has 0 unspecified atom stereocenters. The van der Waals surface area contributed by atoms with E-state index in [0.29, 0.717) is 68.8 Å². The lowest BCUT2D eigenvalue weighted by Crippen LogP contribution is -2.58. The van der Waals surface area contributed by atoms with E-state index in [4.69, 9.17) is 10.5 Å². The third-order valence-electron chi connectivity index (χ3n) is 10.7. The molecule has 4 amide bonds. The zero-order valence-corrected chi connectivity index (χ0v) is 34.3. The second-order valence-corrected chi connectivity index (χ2v) is 16.7. The molecule has 2 aromatic heterocycles. The third kappa shape index (κ3) is 10.3. The van der Waals surface area contributed by atoms with Crippen LogP contribution >= 0.6 is 11.3 Å². The summed E-state index contributed by atoms with van der Waals surface area (Å²) in [5, 5.41) is 27.3. The summed E-state index contributed by atoms with van der Waals surface area (Å²) in [6, 6.07) is 15.2. The number of nitrogens with two attached hydrogens (primary N) is 1. The Morgan fingerprint density at radius 3 is 2.41 bits per heavy atom. The second kappa shape index (κ2) is 18.8. The van der Waals surface area contributed by atoms with Gasteiger partial charge in [0.1, 0.15) is 24.4 Å². The van der Waals surface area contributed by atoms with Crippen LogP contribution < -0.4 is 26.6 Å². The van der Waals surface area contributed by atoms with E-state index in [0.717, 1.165) is 21.7 Å². The van der Waals surface area contributed by atoms with E-state index in [1.54, 1.807) is 40.5 Å². The molecular weight excluding hydrogens is 759 g/mol. The maximum atomic E-state index is 13.9. The van der Waals surface area contributed by atoms with E-state index >= 15 is 0 Å². The SMILES string of the molecule is Cc1ncsc1-c1ccc(CNC(=O)[C@@H]2CCCN2C(=O)[C@@H](NC(=O)COCCNC(=O)C2CCN(c3cc(-c4ccccc4O)nnc3N)CC2)C(C)(C)C)cc1. The Morgan fingerprint density at radius 2 is 1.72 bits per heavy atom. The number of phenolic OH excluding ortho intramolecular Hbond substituents is 1. The monoisotopic (exact) mass is 811 g/mol. The van der Waals surface area contributed by atoms with E-state index in [1.807, 2.05) is 63.5 Å². The third-order valence-corrected chi connectivity index (χ3v) is 11.6. The number of carbonyl (C=O) groups is 4. The summed E-state index contributed by atoms with van der Waals surface area (Å²) in [5.74, 6) is -0.901. The molecule has 0 bridgehead atoms. The van der Waals surface area contributed by atoms with Gasteiger partial charge in [-0.3, -0.25) is 19.2 Å². The molecule has 2 atom stereocenters. The van der Waals surface area contributed by atoms with Gasteiger partial charge in [-0.2, -0.15) is 0 Å². The number of hydrogen-bond donors (Lipinski definition) is 5. The molecule has 6 N–H and O–H groups in total. The Morgan fingerprint density at radius 1 is 0.983 bits per heavy atom. The van der Waals surface area contributed by atoms with Gasteiger partial charge in [-0.25, -0.2) is 4.98 Å². The van der Waals surface area contributed by atoms with Gasteiger partial charge in [-0.1, -0.05) is 57.2 Å². The van der Waals surface area contributed by atoms with Crippen LogP contribution in [0.25, 0.3) is 21.7 Å². The van der Waals surface area contributed by atoms with Gasteiger partial charge in [0.25, 0.3) is 0 Å². The number of nitrogen functional groups attached to an aromatic ring is 1. The van der Waals surface area contributed by atoms with Gasteiger partial charge in [0.15, 0.2) is 5.82 Å². The molecule has 0 spiro atoms. The topological polar surface area (TPSA) is 205 Å². The minimum absolute atomic E-state index is 0.0917. The van der Waals surface area contributed by atoms with Crippen molar-refractivity contribution in [2.24, 2.45) is 11.3 Å². The average Bonchev–Trinajstić information content (AvgIpc) is 3.89. The van der Waals surface area contributed by atoms with Gasteiger partial charge in [0.05, 0.1) is 34.1 Å². The van der Waals surface area contributed by atoms with Crippen molar-refractivity contribution in [3.63, 3.8) is 0 Å². The van der Waals surface area contributed by atoms with Crippen molar-refractivity contribution in [3.05, 3.63) is 71.4 Å². The molecule has 2 fully saturated rings. The predicted octanol–water partition coefficient (Wildman–Crippen LogP) is 4.05. The van der Waals surface area contributed by atoms with E-state index in [9.17, 15) is 24.3 Å². The number of thiazole rings is 1. The molecule has 2 aromatic carbocycles. The summed E-state index contributed by atoms with van der Waals surface area (Å²) in [5.41, 5.74) is 12.1. The minimum atomic E-state index is -0.874. The van der Waals surface area contributed by atoms with Crippen LogP contribution in [0.4, 0.5) is 11.5 Å². The number of para-hydroxylation sites is 1. The Labute approximate surface area is 342 Å². The largest absolute Gasteiger partial charge is 0.507 e. The lowest BCUT2D eigenvalue weighted by molar-refractivity contribution is -0.144. The number of carbonyl (C=O) groups excluding carboxylic acids is 4. The Balaban J connectivity index is 0.917. The Bertz CT molecular complexity index is 2080. The number of anilines is 2. The fourth-order valence-electron chi connectivity index (χ4n) is 7.38. The van der Waals surface area contributed by atoms with Crippen LogP contribution in [0.1, 0.15) is 57.7 Å². The number of likely N-dealkylation sites (tertiary alicyclic amines) is 1. The number of ether oxygens (including phenoxy) is 1. The van der Waals surface area contributed by atoms with E-state index in [2.05, 4.69) is 36.0 Å². The molecule has 0 aliphatic carbocycles. The number of rotatable bonds is 14. The van der Waals surface area contributed by atoms with Gasteiger partial charge in [0, 0.05) is 44.2 Å². The van der Waals surface area contributed by atoms with E-state index in [1.165, 1.54) is 0 Å². The Hall–Kier alpha value is -5.61. The number of nitrogens with zero attached hydrogens (tertiary/aromatic N) is 5. The predicted molar refractivity (Wildman–Crippen MR) is 223 cm³/mol. The average molecular weight is 812 g/mol. The first-order chi connectivity index (χ1) is 27.8. The van der Waals surface area contributed by atoms with Crippen LogP contribution in [-0.2, 0) is 30.5 Å². The lowest BCUT2D eigenvalue weighted by Gasteiger charge is -2.35. The number of aromatic nitrogens is 3. The van der Waals surface area contributed by atoms with Crippen molar-refractivity contribution in [3.8, 4) is 27.4 Å². The van der Waals surface area contributed by atoms with Gasteiger partial charge < -0.3 is 41.3 Å². The van der Waals surface area contributed by atoms with Crippen molar-refractivity contribution in [2.75, 3.05) is 50.0 Å². The molecule has 2 saturated heterocycles. The fourth-order valence-corrected chi connectivity index (χ4v) is 8.20. The normalized spacial score (nSPS) is 16.5. The quantitative estimate of drug-likeness (QED) is 0.115. The molecular formula is C42H53N9O6S. The minimum Gasteiger partial charge on any atom is -0.507 e. The van der Waals surface area contributed by atoms with E-state index < -0.39 is 23.4 Å². The molecule has 0 radical (unpaired) electrons. The molecule has 16 heteroatoms. The van der Waals surface area contributed by atoms with Crippen molar-refractivity contribution in [1.82, 2.24) is 36.0 Å². The summed E-state index contributed by atoms with van der Waals surface area (Å²) in [7, 11) is 0. The summed E-state index contributed by atoms with van der Waals surface area (Å²) < 4.78 is 5.59. The molecule has 2 aliphatic rings. The second-order valence-electron chi connectivity index (χ2n) is 15.9. The molecule has 2 aliphatic heterocycles. The highest BCUT2D eigenvalue weighted by molar-refractivity contribution is 7.13. The zero-order chi connectivity index (χ0) is 41.4. The fraction of sp³-hybridized carbons (Fsp3) is 0.452. The summed E-state index contributed by atoms with van der Waals surface area (Å²) in [6.07, 6.45) is 2.43. The van der Waals surface area contributed by atoms with Crippen molar-refractivity contribution in [2.45, 2.75) is 72.0 Å². The first-order valence-corrected chi connectivity index (χ1v) is 20.6. The number of hydrogen-bond acceptors (Lipinski definition) is 12. The maximum Gasteiger partial charge on any atom is 0.246 e. The van der Waals surface area contributed by atoms with Gasteiger partial charge in [0.2, 0.25) is 23.6 Å². The molecule has 308 valence electrons. The summed E-state index contributed by atoms with van der Waals surface area (Å²) >= 11 is 1.59. The first kappa shape index (κ1) is 42.0. The number of aromatic hydroxyl groups is 1. The van der Waals surface area contributed by atoms with Gasteiger partial charge in [-0.05, 0) is 67.3 Å². The van der Waals surface area contributed by atoms with Crippen LogP contribution in [0.5, 0.6) is 5.75 Å². The zero-order valence-electron chi connectivity index (χ0n) is 33.5. The number of piperidine rings is 1. The van der Waals surface area contributed by atoms with Crippen LogP contribution in [-0.4, -0.2) is 100 Å². The number of nitrogens with one attached hydrogen (secondary N) is 3.